The second-order valence-electron chi connectivity index (χ2n) is 8.96. The molecule has 0 aliphatic rings. The highest BCUT2D eigenvalue weighted by Gasteiger charge is 2.36. The number of phenolic OH excluding ortho intramolecular Hbond substituents is 1. The monoisotopic (exact) mass is 525 g/mol. The number of phenols is 1. The molecule has 0 aliphatic carbocycles. The van der Waals surface area contributed by atoms with E-state index in [0.29, 0.717) is 23.7 Å². The van der Waals surface area contributed by atoms with Gasteiger partial charge in [-0.3, -0.25) is 19.3 Å². The van der Waals surface area contributed by atoms with Gasteiger partial charge in [-0.25, -0.2) is 0 Å². The number of nitrogens with zero attached hydrogens (tertiary/aromatic N) is 2. The standard InChI is InChI=1S/C26H31N5O5S/c1-14(2)10-11-29-25(34)22(16-8-9-18(32)19(13-16)36-4)31(17-7-5-6-15(3)12-17)26(35)23-20(27)21(24(28)33)30-37-23/h5-9,12-14,22,32H,10-11,27H2,1-4H3,(H2,28,33)(H,29,34)/t22-/m0/s1. The Morgan fingerprint density at radius 1 is 1.19 bits per heavy atom. The predicted octanol–water partition coefficient (Wildman–Crippen LogP) is 3.40. The molecule has 0 radical (unpaired) electrons. The normalized spacial score (nSPS) is 11.7. The average molecular weight is 526 g/mol. The lowest BCUT2D eigenvalue weighted by molar-refractivity contribution is -0.122. The van der Waals surface area contributed by atoms with Gasteiger partial charge in [-0.1, -0.05) is 32.0 Å². The van der Waals surface area contributed by atoms with Gasteiger partial charge in [0, 0.05) is 12.2 Å². The Hall–Kier alpha value is -4.12. The number of aromatic nitrogens is 1. The van der Waals surface area contributed by atoms with Gasteiger partial charge in [0.1, 0.15) is 10.9 Å². The number of hydrogen-bond donors (Lipinski definition) is 4. The molecule has 0 aliphatic heterocycles. The van der Waals surface area contributed by atoms with Crippen LogP contribution in [-0.2, 0) is 4.79 Å². The van der Waals surface area contributed by atoms with Crippen LogP contribution in [0.15, 0.2) is 42.5 Å². The van der Waals surface area contributed by atoms with Crippen molar-refractivity contribution < 1.29 is 24.2 Å². The maximum absolute atomic E-state index is 14.0. The van der Waals surface area contributed by atoms with Crippen LogP contribution in [0.2, 0.25) is 0 Å². The fourth-order valence-corrected chi connectivity index (χ4v) is 4.51. The molecule has 1 heterocycles. The van der Waals surface area contributed by atoms with Crippen LogP contribution in [0.4, 0.5) is 11.4 Å². The van der Waals surface area contributed by atoms with Gasteiger partial charge in [-0.05, 0) is 66.2 Å². The summed E-state index contributed by atoms with van der Waals surface area (Å²) in [5.74, 6) is -1.56. The first-order valence-corrected chi connectivity index (χ1v) is 12.4. The molecule has 3 rings (SSSR count). The summed E-state index contributed by atoms with van der Waals surface area (Å²) in [5.41, 5.74) is 12.8. The van der Waals surface area contributed by atoms with E-state index in [0.717, 1.165) is 23.5 Å². The summed E-state index contributed by atoms with van der Waals surface area (Å²) < 4.78 is 9.22. The Balaban J connectivity index is 2.21. The van der Waals surface area contributed by atoms with Gasteiger partial charge in [0.2, 0.25) is 5.91 Å². The van der Waals surface area contributed by atoms with E-state index in [1.54, 1.807) is 24.3 Å². The number of nitrogens with two attached hydrogens (primary N) is 2. The molecule has 1 atom stereocenters. The molecule has 0 saturated heterocycles. The van der Waals surface area contributed by atoms with Crippen molar-refractivity contribution in [2.24, 2.45) is 11.7 Å². The molecule has 3 aromatic rings. The highest BCUT2D eigenvalue weighted by atomic mass is 32.1. The lowest BCUT2D eigenvalue weighted by Gasteiger charge is -2.32. The van der Waals surface area contributed by atoms with E-state index in [1.807, 2.05) is 26.8 Å². The molecular weight excluding hydrogens is 494 g/mol. The largest absolute Gasteiger partial charge is 0.504 e. The molecule has 37 heavy (non-hydrogen) atoms. The summed E-state index contributed by atoms with van der Waals surface area (Å²) >= 11 is 0.733. The minimum Gasteiger partial charge on any atom is -0.504 e. The number of hydrogen-bond acceptors (Lipinski definition) is 8. The summed E-state index contributed by atoms with van der Waals surface area (Å²) in [6.45, 7) is 6.34. The summed E-state index contributed by atoms with van der Waals surface area (Å²) in [7, 11) is 1.39. The summed E-state index contributed by atoms with van der Waals surface area (Å²) in [6.07, 6.45) is 0.736. The molecule has 3 amide bonds. The second-order valence-corrected chi connectivity index (χ2v) is 9.73. The van der Waals surface area contributed by atoms with Crippen molar-refractivity contribution in [3.05, 3.63) is 64.2 Å². The van der Waals surface area contributed by atoms with Crippen LogP contribution in [0.3, 0.4) is 0 Å². The summed E-state index contributed by atoms with van der Waals surface area (Å²) in [4.78, 5) is 40.8. The van der Waals surface area contributed by atoms with Gasteiger partial charge in [-0.2, -0.15) is 4.37 Å². The first kappa shape index (κ1) is 27.5. The van der Waals surface area contributed by atoms with E-state index in [4.69, 9.17) is 16.2 Å². The maximum Gasteiger partial charge on any atom is 0.273 e. The lowest BCUT2D eigenvalue weighted by Crippen LogP contribution is -2.44. The highest BCUT2D eigenvalue weighted by Crippen LogP contribution is 2.36. The quantitative estimate of drug-likeness (QED) is 0.315. The Morgan fingerprint density at radius 3 is 2.51 bits per heavy atom. The van der Waals surface area contributed by atoms with Gasteiger partial charge in [0.15, 0.2) is 17.2 Å². The zero-order chi connectivity index (χ0) is 27.3. The van der Waals surface area contributed by atoms with Crippen LogP contribution < -0.4 is 26.4 Å². The minimum atomic E-state index is -1.17. The number of nitrogens with one attached hydrogen (secondary N) is 1. The number of primary amides is 1. The topological polar surface area (TPSA) is 161 Å². The first-order valence-electron chi connectivity index (χ1n) is 11.6. The molecule has 0 saturated carbocycles. The summed E-state index contributed by atoms with van der Waals surface area (Å²) in [6, 6.07) is 10.4. The van der Waals surface area contributed by atoms with Crippen molar-refractivity contribution in [2.45, 2.75) is 33.2 Å². The molecule has 0 fully saturated rings. The van der Waals surface area contributed by atoms with Crippen molar-refractivity contribution >= 4 is 40.6 Å². The van der Waals surface area contributed by atoms with E-state index in [2.05, 4.69) is 9.69 Å². The van der Waals surface area contributed by atoms with E-state index in [1.165, 1.54) is 24.1 Å². The minimum absolute atomic E-state index is 0.0268. The van der Waals surface area contributed by atoms with Gasteiger partial charge in [-0.15, -0.1) is 0 Å². The van der Waals surface area contributed by atoms with Crippen molar-refractivity contribution in [2.75, 3.05) is 24.3 Å². The number of rotatable bonds is 10. The number of methoxy groups -OCH3 is 1. The van der Waals surface area contributed by atoms with Crippen LogP contribution in [0.5, 0.6) is 11.5 Å². The third-order valence-electron chi connectivity index (χ3n) is 5.70. The number of anilines is 2. The number of aryl methyl sites for hydroxylation is 1. The Labute approximate surface area is 219 Å². The van der Waals surface area contributed by atoms with Gasteiger partial charge in [0.05, 0.1) is 12.8 Å². The van der Waals surface area contributed by atoms with Gasteiger partial charge >= 0.3 is 0 Å². The van der Waals surface area contributed by atoms with Crippen molar-refractivity contribution in [3.8, 4) is 11.5 Å². The zero-order valence-electron chi connectivity index (χ0n) is 21.1. The molecule has 0 unspecified atom stereocenters. The van der Waals surface area contributed by atoms with E-state index < -0.39 is 23.8 Å². The lowest BCUT2D eigenvalue weighted by atomic mass is 10.0. The number of amides is 3. The highest BCUT2D eigenvalue weighted by molar-refractivity contribution is 7.09. The Bertz CT molecular complexity index is 1310. The number of carbonyl (C=O) groups is 3. The smallest absolute Gasteiger partial charge is 0.273 e. The van der Waals surface area contributed by atoms with Crippen LogP contribution in [-0.4, -0.2) is 40.9 Å². The molecule has 11 heteroatoms. The summed E-state index contributed by atoms with van der Waals surface area (Å²) in [5, 5.41) is 13.1. The molecule has 2 aromatic carbocycles. The van der Waals surface area contributed by atoms with Gasteiger partial charge in [0.25, 0.3) is 11.8 Å². The van der Waals surface area contributed by atoms with Crippen molar-refractivity contribution in [1.29, 1.82) is 0 Å². The van der Waals surface area contributed by atoms with E-state index in [9.17, 15) is 19.5 Å². The molecule has 6 N–H and O–H groups in total. The maximum atomic E-state index is 14.0. The number of carbonyl (C=O) groups excluding carboxylic acids is 3. The van der Waals surface area contributed by atoms with Crippen LogP contribution >= 0.6 is 11.5 Å². The SMILES string of the molecule is COc1cc([C@@H](C(=O)NCCC(C)C)N(C(=O)c2snc(C(N)=O)c2N)c2cccc(C)c2)ccc1O. The van der Waals surface area contributed by atoms with Crippen LogP contribution in [0, 0.1) is 12.8 Å². The van der Waals surface area contributed by atoms with E-state index >= 15 is 0 Å². The third-order valence-corrected chi connectivity index (χ3v) is 6.55. The Morgan fingerprint density at radius 2 is 1.92 bits per heavy atom. The molecular formula is C26H31N5O5S. The van der Waals surface area contributed by atoms with Gasteiger partial charge < -0.3 is 26.6 Å². The third kappa shape index (κ3) is 6.18. The molecule has 0 bridgehead atoms. The van der Waals surface area contributed by atoms with Crippen LogP contribution in [0.1, 0.15) is 57.6 Å². The fourth-order valence-electron chi connectivity index (χ4n) is 3.76. The Kier molecular flexibility index (Phi) is 8.72. The number of ether oxygens (including phenoxy) is 1. The van der Waals surface area contributed by atoms with E-state index in [-0.39, 0.29) is 27.8 Å². The zero-order valence-corrected chi connectivity index (χ0v) is 22.0. The molecule has 0 spiro atoms. The molecule has 196 valence electrons. The average Bonchev–Trinajstić information content (AvgIpc) is 3.23. The fraction of sp³-hybridized carbons (Fsp3) is 0.308. The van der Waals surface area contributed by atoms with Crippen LogP contribution in [0.25, 0.3) is 0 Å². The predicted molar refractivity (Wildman–Crippen MR) is 143 cm³/mol. The van der Waals surface area contributed by atoms with Crippen molar-refractivity contribution in [1.82, 2.24) is 9.69 Å². The molecule has 10 nitrogen and oxygen atoms in total. The van der Waals surface area contributed by atoms with Crippen molar-refractivity contribution in [3.63, 3.8) is 0 Å². The number of aromatic hydroxyl groups is 1. The number of nitrogen functional groups attached to an aromatic ring is 1. The molecule has 1 aromatic heterocycles. The first-order chi connectivity index (χ1) is 17.5. The number of benzene rings is 2. The second kappa shape index (κ2) is 11.7.